The van der Waals surface area contributed by atoms with E-state index in [4.69, 9.17) is 10.00 Å². The predicted octanol–water partition coefficient (Wildman–Crippen LogP) is 4.41. The Bertz CT molecular complexity index is 771. The summed E-state index contributed by atoms with van der Waals surface area (Å²) in [5.41, 5.74) is 1.90. The first kappa shape index (κ1) is 18.8. The normalized spacial score (nSPS) is 10.2. The molecule has 2 aromatic rings. The molecule has 2 rings (SSSR count). The summed E-state index contributed by atoms with van der Waals surface area (Å²) in [6.45, 7) is 1.88. The molecule has 0 atom stereocenters. The highest BCUT2D eigenvalue weighted by Crippen LogP contribution is 2.32. The number of thioether (sulfide) groups is 1. The number of anilines is 1. The molecule has 1 aromatic heterocycles. The lowest BCUT2D eigenvalue weighted by atomic mass is 10.1. The van der Waals surface area contributed by atoms with Gasteiger partial charge in [0.05, 0.1) is 33.3 Å². The van der Waals surface area contributed by atoms with Gasteiger partial charge < -0.3 is 10.1 Å². The number of ether oxygens (including phenoxy) is 1. The topological polar surface area (TPSA) is 75.0 Å². The van der Waals surface area contributed by atoms with Gasteiger partial charge >= 0.3 is 0 Å². The van der Waals surface area contributed by atoms with Crippen molar-refractivity contribution in [2.45, 2.75) is 24.0 Å². The van der Waals surface area contributed by atoms with Gasteiger partial charge in [-0.25, -0.2) is 4.98 Å². The minimum absolute atomic E-state index is 0.0764. The van der Waals surface area contributed by atoms with Gasteiger partial charge in [-0.05, 0) is 47.0 Å². The number of nitrogens with one attached hydrogen (secondary N) is 1. The zero-order chi connectivity index (χ0) is 17.5. The zero-order valence-corrected chi connectivity index (χ0v) is 16.5. The fourth-order valence-electron chi connectivity index (χ4n) is 1.97. The maximum atomic E-state index is 12.1. The van der Waals surface area contributed by atoms with Crippen LogP contribution in [0.4, 0.5) is 5.13 Å². The molecule has 1 aromatic carbocycles. The lowest BCUT2D eigenvalue weighted by molar-refractivity contribution is -0.116. The second-order valence-electron chi connectivity index (χ2n) is 4.86. The average Bonchev–Trinajstić information content (AvgIpc) is 2.90. The van der Waals surface area contributed by atoms with Crippen LogP contribution < -0.4 is 10.1 Å². The van der Waals surface area contributed by atoms with Crippen LogP contribution in [0.1, 0.15) is 17.7 Å². The van der Waals surface area contributed by atoms with Crippen LogP contribution in [0.2, 0.25) is 0 Å². The summed E-state index contributed by atoms with van der Waals surface area (Å²) in [5, 5.41) is 12.0. The Morgan fingerprint density at radius 1 is 1.54 bits per heavy atom. The maximum Gasteiger partial charge on any atom is 0.226 e. The highest BCUT2D eigenvalue weighted by Gasteiger charge is 2.11. The van der Waals surface area contributed by atoms with Gasteiger partial charge in [0.25, 0.3) is 0 Å². The van der Waals surface area contributed by atoms with Crippen molar-refractivity contribution in [3.63, 3.8) is 0 Å². The Labute approximate surface area is 157 Å². The molecule has 0 bridgehead atoms. The molecule has 8 heteroatoms. The van der Waals surface area contributed by atoms with Gasteiger partial charge in [-0.3, -0.25) is 4.79 Å². The van der Waals surface area contributed by atoms with Crippen molar-refractivity contribution in [1.82, 2.24) is 4.98 Å². The van der Waals surface area contributed by atoms with E-state index in [-0.39, 0.29) is 5.91 Å². The number of aromatic nitrogens is 1. The lowest BCUT2D eigenvalue weighted by Gasteiger charge is -2.06. The molecule has 1 heterocycles. The Morgan fingerprint density at radius 2 is 2.33 bits per heavy atom. The minimum Gasteiger partial charge on any atom is -0.496 e. The number of rotatable bonds is 7. The van der Waals surface area contributed by atoms with Crippen LogP contribution in [0, 0.1) is 18.3 Å². The Hall–Kier alpha value is -1.56. The van der Waals surface area contributed by atoms with Crippen molar-refractivity contribution in [2.75, 3.05) is 18.2 Å². The predicted molar refractivity (Wildman–Crippen MR) is 101 cm³/mol. The number of aryl methyl sites for hydroxylation is 2. The van der Waals surface area contributed by atoms with Gasteiger partial charge in [0, 0.05) is 6.42 Å². The maximum absolute atomic E-state index is 12.1. The van der Waals surface area contributed by atoms with Crippen LogP contribution in [0.3, 0.4) is 0 Å². The summed E-state index contributed by atoms with van der Waals surface area (Å²) in [5.74, 6) is 1.07. The number of hydrogen-bond acceptors (Lipinski definition) is 6. The number of carbonyl (C=O) groups is 1. The van der Waals surface area contributed by atoms with Crippen molar-refractivity contribution in [3.05, 3.63) is 33.9 Å². The van der Waals surface area contributed by atoms with Crippen molar-refractivity contribution >= 4 is 50.1 Å². The number of benzene rings is 1. The minimum atomic E-state index is -0.0764. The van der Waals surface area contributed by atoms with E-state index >= 15 is 0 Å². The van der Waals surface area contributed by atoms with Crippen LogP contribution in [-0.2, 0) is 11.2 Å². The fraction of sp³-hybridized carbons (Fsp3) is 0.312. The highest BCUT2D eigenvalue weighted by atomic mass is 79.9. The second-order valence-corrected chi connectivity index (χ2v) is 7.95. The molecular formula is C16H16BrN3O2S2. The molecule has 5 nitrogen and oxygen atoms in total. The Balaban J connectivity index is 1.89. The molecule has 126 valence electrons. The van der Waals surface area contributed by atoms with E-state index in [0.717, 1.165) is 25.7 Å². The molecule has 0 saturated heterocycles. The third-order valence-corrected chi connectivity index (χ3v) is 6.05. The van der Waals surface area contributed by atoms with Crippen molar-refractivity contribution in [2.24, 2.45) is 0 Å². The fourth-order valence-corrected chi connectivity index (χ4v) is 4.38. The van der Waals surface area contributed by atoms with E-state index in [1.807, 2.05) is 25.1 Å². The molecule has 0 aliphatic rings. The van der Waals surface area contributed by atoms with Crippen molar-refractivity contribution in [1.29, 1.82) is 5.26 Å². The number of hydrogen-bond donors (Lipinski definition) is 1. The molecule has 0 unspecified atom stereocenters. The number of thiazole rings is 1. The van der Waals surface area contributed by atoms with Gasteiger partial charge in [-0.15, -0.1) is 0 Å². The third kappa shape index (κ3) is 5.23. The van der Waals surface area contributed by atoms with Gasteiger partial charge in [-0.1, -0.05) is 29.2 Å². The number of amides is 1. The molecule has 0 spiro atoms. The number of carbonyl (C=O) groups excluding carboxylic acids is 1. The lowest BCUT2D eigenvalue weighted by Crippen LogP contribution is -2.12. The van der Waals surface area contributed by atoms with Crippen molar-refractivity contribution < 1.29 is 9.53 Å². The first-order chi connectivity index (χ1) is 11.5. The van der Waals surface area contributed by atoms with Gasteiger partial charge in [0.1, 0.15) is 5.75 Å². The van der Waals surface area contributed by atoms with E-state index in [1.165, 1.54) is 23.1 Å². The Kier molecular flexibility index (Phi) is 7.09. The van der Waals surface area contributed by atoms with Gasteiger partial charge in [0.15, 0.2) is 5.13 Å². The van der Waals surface area contributed by atoms with Crippen LogP contribution in [0.25, 0.3) is 0 Å². The van der Waals surface area contributed by atoms with Crippen molar-refractivity contribution in [3.8, 4) is 11.8 Å². The van der Waals surface area contributed by atoms with E-state index in [2.05, 4.69) is 32.3 Å². The van der Waals surface area contributed by atoms with Crippen LogP contribution in [0.5, 0.6) is 5.75 Å². The summed E-state index contributed by atoms with van der Waals surface area (Å²) in [7, 11) is 1.62. The van der Waals surface area contributed by atoms with E-state index in [9.17, 15) is 4.79 Å². The summed E-state index contributed by atoms with van der Waals surface area (Å²) < 4.78 is 7.03. The van der Waals surface area contributed by atoms with E-state index in [0.29, 0.717) is 23.7 Å². The molecule has 0 aliphatic carbocycles. The zero-order valence-electron chi connectivity index (χ0n) is 13.3. The number of halogens is 1. The summed E-state index contributed by atoms with van der Waals surface area (Å²) in [6, 6.07) is 7.86. The van der Waals surface area contributed by atoms with E-state index in [1.54, 1.807) is 7.11 Å². The first-order valence-electron chi connectivity index (χ1n) is 7.13. The van der Waals surface area contributed by atoms with Crippen LogP contribution >= 0.6 is 39.0 Å². The molecule has 0 saturated carbocycles. The summed E-state index contributed by atoms with van der Waals surface area (Å²) in [6.07, 6.45) is 1.01. The molecular weight excluding hydrogens is 410 g/mol. The second kappa shape index (κ2) is 9.06. The number of nitriles is 1. The van der Waals surface area contributed by atoms with Gasteiger partial charge in [0.2, 0.25) is 5.91 Å². The van der Waals surface area contributed by atoms with Crippen LogP contribution in [0.15, 0.2) is 26.9 Å². The molecule has 0 radical (unpaired) electrons. The standard InChI is InChI=1S/C16H16BrN3O2S2/c1-10-15(23-8-7-18)24-16(19-10)20-14(21)6-4-11-3-5-13(22-2)12(17)9-11/h3,5,9H,4,6,8H2,1-2H3,(H,19,20,21). The quantitative estimate of drug-likeness (QED) is 0.664. The monoisotopic (exact) mass is 425 g/mol. The smallest absolute Gasteiger partial charge is 0.226 e. The first-order valence-corrected chi connectivity index (χ1v) is 9.72. The molecule has 0 aliphatic heterocycles. The average molecular weight is 426 g/mol. The molecule has 1 amide bonds. The number of methoxy groups -OCH3 is 1. The largest absolute Gasteiger partial charge is 0.496 e. The summed E-state index contributed by atoms with van der Waals surface area (Å²) >= 11 is 6.28. The van der Waals surface area contributed by atoms with Crippen LogP contribution in [-0.4, -0.2) is 23.8 Å². The SMILES string of the molecule is COc1ccc(CCC(=O)Nc2nc(C)c(SCC#N)s2)cc1Br. The van der Waals surface area contributed by atoms with E-state index < -0.39 is 0 Å². The number of nitrogens with zero attached hydrogens (tertiary/aromatic N) is 2. The molecule has 0 fully saturated rings. The molecule has 24 heavy (non-hydrogen) atoms. The van der Waals surface area contributed by atoms with Gasteiger partial charge in [-0.2, -0.15) is 5.26 Å². The highest BCUT2D eigenvalue weighted by molar-refractivity contribution is 9.10. The Morgan fingerprint density at radius 3 is 3.00 bits per heavy atom. The molecule has 1 N–H and O–H groups in total. The summed E-state index contributed by atoms with van der Waals surface area (Å²) in [4.78, 5) is 16.4. The third-order valence-electron chi connectivity index (χ3n) is 3.13.